The molecule has 0 aliphatic carbocycles. The van der Waals surface area contributed by atoms with Gasteiger partial charge in [0.25, 0.3) is 6.47 Å². The van der Waals surface area contributed by atoms with Crippen LogP contribution in [-0.2, 0) is 11.4 Å². The van der Waals surface area contributed by atoms with Gasteiger partial charge in [0.05, 0.1) is 0 Å². The van der Waals surface area contributed by atoms with Crippen LogP contribution in [0.15, 0.2) is 48.5 Å². The molecule has 2 rings (SSSR count). The zero-order valence-corrected chi connectivity index (χ0v) is 9.92. The van der Waals surface area contributed by atoms with Gasteiger partial charge in [-0.25, -0.2) is 8.78 Å². The van der Waals surface area contributed by atoms with Gasteiger partial charge in [0.2, 0.25) is 0 Å². The summed E-state index contributed by atoms with van der Waals surface area (Å²) < 4.78 is 31.5. The SMILES string of the molecule is Fc1cccc(F)c1OCc1ccccc1.O=CO. The van der Waals surface area contributed by atoms with Crippen molar-refractivity contribution in [1.82, 2.24) is 0 Å². The van der Waals surface area contributed by atoms with Crippen molar-refractivity contribution in [2.24, 2.45) is 0 Å². The van der Waals surface area contributed by atoms with E-state index in [1.54, 1.807) is 0 Å². The summed E-state index contributed by atoms with van der Waals surface area (Å²) in [5.74, 6) is -1.70. The van der Waals surface area contributed by atoms with Crippen molar-refractivity contribution in [1.29, 1.82) is 0 Å². The van der Waals surface area contributed by atoms with E-state index < -0.39 is 11.6 Å². The summed E-state index contributed by atoms with van der Waals surface area (Å²) in [7, 11) is 0. The van der Waals surface area contributed by atoms with Crippen LogP contribution in [0.25, 0.3) is 0 Å². The molecule has 0 saturated heterocycles. The lowest BCUT2D eigenvalue weighted by Gasteiger charge is -2.07. The van der Waals surface area contributed by atoms with Gasteiger partial charge in [-0.2, -0.15) is 0 Å². The van der Waals surface area contributed by atoms with E-state index >= 15 is 0 Å². The molecule has 0 spiro atoms. The molecule has 0 fully saturated rings. The van der Waals surface area contributed by atoms with Crippen molar-refractivity contribution >= 4 is 6.47 Å². The van der Waals surface area contributed by atoms with Gasteiger partial charge in [-0.3, -0.25) is 4.79 Å². The van der Waals surface area contributed by atoms with Crippen LogP contribution in [-0.4, -0.2) is 11.6 Å². The molecule has 0 unspecified atom stereocenters. The summed E-state index contributed by atoms with van der Waals surface area (Å²) in [6, 6.07) is 12.9. The highest BCUT2D eigenvalue weighted by Gasteiger charge is 2.09. The molecule has 0 bridgehead atoms. The third kappa shape index (κ3) is 4.75. The lowest BCUT2D eigenvalue weighted by atomic mass is 10.2. The molecule has 0 atom stereocenters. The van der Waals surface area contributed by atoms with Crippen molar-refractivity contribution in [3.8, 4) is 5.75 Å². The van der Waals surface area contributed by atoms with Crippen molar-refractivity contribution < 1.29 is 23.4 Å². The predicted octanol–water partition coefficient (Wildman–Crippen LogP) is 3.24. The Morgan fingerprint density at radius 2 is 1.53 bits per heavy atom. The van der Waals surface area contributed by atoms with Crippen LogP contribution >= 0.6 is 0 Å². The average Bonchev–Trinajstić information content (AvgIpc) is 2.40. The van der Waals surface area contributed by atoms with Gasteiger partial charge in [-0.05, 0) is 17.7 Å². The Balaban J connectivity index is 0.000000550. The highest BCUT2D eigenvalue weighted by atomic mass is 19.1. The van der Waals surface area contributed by atoms with Gasteiger partial charge in [-0.1, -0.05) is 36.4 Å². The minimum atomic E-state index is -0.684. The second-order valence-electron chi connectivity index (χ2n) is 3.43. The van der Waals surface area contributed by atoms with Gasteiger partial charge >= 0.3 is 0 Å². The molecular formula is C14H12F2O3. The summed E-state index contributed by atoms with van der Waals surface area (Å²) in [6.45, 7) is -0.0985. The van der Waals surface area contributed by atoms with Crippen LogP contribution in [0.4, 0.5) is 8.78 Å². The van der Waals surface area contributed by atoms with Gasteiger partial charge in [0.1, 0.15) is 6.61 Å². The molecule has 0 aromatic heterocycles. The number of rotatable bonds is 3. The Bertz CT molecular complexity index is 495. The molecule has 100 valence electrons. The fraction of sp³-hybridized carbons (Fsp3) is 0.0714. The number of benzene rings is 2. The number of ether oxygens (including phenoxy) is 1. The van der Waals surface area contributed by atoms with Crippen molar-refractivity contribution in [2.45, 2.75) is 6.61 Å². The highest BCUT2D eigenvalue weighted by molar-refractivity contribution is 5.32. The van der Waals surface area contributed by atoms with E-state index in [-0.39, 0.29) is 18.8 Å². The minimum absolute atomic E-state index is 0.151. The summed E-state index contributed by atoms with van der Waals surface area (Å²) in [5.41, 5.74) is 0.866. The van der Waals surface area contributed by atoms with Gasteiger partial charge in [0.15, 0.2) is 17.4 Å². The molecule has 0 amide bonds. The molecule has 1 N–H and O–H groups in total. The fourth-order valence-corrected chi connectivity index (χ4v) is 1.35. The molecule has 0 radical (unpaired) electrons. The smallest absolute Gasteiger partial charge is 0.290 e. The van der Waals surface area contributed by atoms with E-state index in [0.717, 1.165) is 5.56 Å². The molecule has 2 aromatic rings. The number of hydrogen-bond acceptors (Lipinski definition) is 2. The predicted molar refractivity (Wildman–Crippen MR) is 65.8 cm³/mol. The fourth-order valence-electron chi connectivity index (χ4n) is 1.35. The number of hydrogen-bond donors (Lipinski definition) is 1. The number of carboxylic acid groups (broad SMARTS) is 1. The standard InChI is InChI=1S/C13H10F2O.CH2O2/c14-11-7-4-8-12(15)13(11)16-9-10-5-2-1-3-6-10;2-1-3/h1-8H,9H2;1H,(H,2,3). The van der Waals surface area contributed by atoms with Crippen LogP contribution in [0.5, 0.6) is 5.75 Å². The van der Waals surface area contributed by atoms with Crippen molar-refractivity contribution in [3.05, 3.63) is 65.7 Å². The molecule has 0 aliphatic heterocycles. The van der Waals surface area contributed by atoms with Crippen molar-refractivity contribution in [3.63, 3.8) is 0 Å². The molecular weight excluding hydrogens is 254 g/mol. The van der Waals surface area contributed by atoms with E-state index in [9.17, 15) is 8.78 Å². The first-order valence-corrected chi connectivity index (χ1v) is 5.37. The molecule has 0 saturated carbocycles. The molecule has 19 heavy (non-hydrogen) atoms. The van der Waals surface area contributed by atoms with E-state index in [0.29, 0.717) is 0 Å². The average molecular weight is 266 g/mol. The Labute approximate surface area is 109 Å². The minimum Gasteiger partial charge on any atom is -0.483 e. The Morgan fingerprint density at radius 1 is 1.00 bits per heavy atom. The lowest BCUT2D eigenvalue weighted by molar-refractivity contribution is -0.122. The number of halogens is 2. The summed E-state index contributed by atoms with van der Waals surface area (Å²) in [6.07, 6.45) is 0. The zero-order chi connectivity index (χ0) is 14.1. The topological polar surface area (TPSA) is 46.5 Å². The molecule has 2 aromatic carbocycles. The van der Waals surface area contributed by atoms with Crippen LogP contribution in [0.2, 0.25) is 0 Å². The third-order valence-electron chi connectivity index (χ3n) is 2.14. The summed E-state index contributed by atoms with van der Waals surface area (Å²) in [4.78, 5) is 8.36. The van der Waals surface area contributed by atoms with E-state index in [4.69, 9.17) is 14.6 Å². The molecule has 0 heterocycles. The van der Waals surface area contributed by atoms with Gasteiger partial charge < -0.3 is 9.84 Å². The zero-order valence-electron chi connectivity index (χ0n) is 9.92. The number of carbonyl (C=O) groups is 1. The van der Waals surface area contributed by atoms with E-state index in [1.807, 2.05) is 30.3 Å². The Hall–Kier alpha value is -2.43. The molecule has 0 aliphatic rings. The monoisotopic (exact) mass is 266 g/mol. The van der Waals surface area contributed by atoms with E-state index in [2.05, 4.69) is 0 Å². The van der Waals surface area contributed by atoms with Gasteiger partial charge in [-0.15, -0.1) is 0 Å². The summed E-state index contributed by atoms with van der Waals surface area (Å²) >= 11 is 0. The first-order chi connectivity index (χ1) is 9.19. The quantitative estimate of drug-likeness (QED) is 0.867. The second-order valence-corrected chi connectivity index (χ2v) is 3.43. The largest absolute Gasteiger partial charge is 0.483 e. The Kier molecular flexibility index (Phi) is 6.02. The molecule has 3 nitrogen and oxygen atoms in total. The third-order valence-corrected chi connectivity index (χ3v) is 2.14. The van der Waals surface area contributed by atoms with Gasteiger partial charge in [0, 0.05) is 0 Å². The van der Waals surface area contributed by atoms with Crippen LogP contribution in [0.3, 0.4) is 0 Å². The maximum Gasteiger partial charge on any atom is 0.290 e. The second kappa shape index (κ2) is 7.81. The maximum atomic E-state index is 13.2. The summed E-state index contributed by atoms with van der Waals surface area (Å²) in [5, 5.41) is 6.89. The number of para-hydroxylation sites is 1. The van der Waals surface area contributed by atoms with Crippen LogP contribution in [0, 0.1) is 11.6 Å². The Morgan fingerprint density at radius 3 is 2.05 bits per heavy atom. The first-order valence-electron chi connectivity index (χ1n) is 5.37. The molecule has 5 heteroatoms. The van der Waals surface area contributed by atoms with Crippen molar-refractivity contribution in [2.75, 3.05) is 0 Å². The normalized spacial score (nSPS) is 9.16. The van der Waals surface area contributed by atoms with E-state index in [1.165, 1.54) is 18.2 Å². The maximum absolute atomic E-state index is 13.2. The first kappa shape index (κ1) is 14.6. The lowest BCUT2D eigenvalue weighted by Crippen LogP contribution is -1.99. The van der Waals surface area contributed by atoms with Crippen LogP contribution < -0.4 is 4.74 Å². The highest BCUT2D eigenvalue weighted by Crippen LogP contribution is 2.21. The van der Waals surface area contributed by atoms with Crippen LogP contribution in [0.1, 0.15) is 5.56 Å².